The lowest BCUT2D eigenvalue weighted by Crippen LogP contribution is -2.26. The van der Waals surface area contributed by atoms with Crippen LogP contribution in [0.1, 0.15) is 15.9 Å². The highest BCUT2D eigenvalue weighted by Crippen LogP contribution is 2.31. The molecule has 0 radical (unpaired) electrons. The Hall–Kier alpha value is -3.30. The van der Waals surface area contributed by atoms with Crippen LogP contribution in [0.2, 0.25) is 5.02 Å². The maximum absolute atomic E-state index is 13.1. The highest BCUT2D eigenvalue weighted by molar-refractivity contribution is 7.92. The van der Waals surface area contributed by atoms with E-state index in [-0.39, 0.29) is 27.1 Å². The normalized spacial score (nSPS) is 12.8. The van der Waals surface area contributed by atoms with Crippen molar-refractivity contribution in [3.05, 3.63) is 82.6 Å². The van der Waals surface area contributed by atoms with Crippen LogP contribution in [0.15, 0.2) is 65.6 Å². The van der Waals surface area contributed by atoms with Gasteiger partial charge in [-0.2, -0.15) is 0 Å². The summed E-state index contributed by atoms with van der Waals surface area (Å²) in [5.41, 5.74) is 1.14. The number of hydrogen-bond donors (Lipinski definition) is 1. The fraction of sp³-hybridized carbons (Fsp3) is 0.174. The van der Waals surface area contributed by atoms with Crippen LogP contribution in [-0.4, -0.2) is 39.5 Å². The molecule has 3 aromatic carbocycles. The molecule has 1 amide bonds. The summed E-state index contributed by atoms with van der Waals surface area (Å²) in [5.74, 6) is 0.405. The monoisotopic (exact) mass is 490 g/mol. The van der Waals surface area contributed by atoms with E-state index in [0.29, 0.717) is 31.3 Å². The van der Waals surface area contributed by atoms with E-state index >= 15 is 0 Å². The second-order valence-electron chi connectivity index (χ2n) is 7.39. The van der Waals surface area contributed by atoms with E-state index in [1.165, 1.54) is 23.1 Å². The number of anilines is 1. The molecule has 0 bridgehead atoms. The number of nitrogens with one attached hydrogen (secondary N) is 1. The first-order valence-corrected chi connectivity index (χ1v) is 11.8. The van der Waals surface area contributed by atoms with Gasteiger partial charge in [-0.05, 0) is 60.2 Å². The predicted molar refractivity (Wildman–Crippen MR) is 122 cm³/mol. The van der Waals surface area contributed by atoms with Crippen molar-refractivity contribution in [3.8, 4) is 11.5 Å². The van der Waals surface area contributed by atoms with Gasteiger partial charge >= 0.3 is 0 Å². The van der Waals surface area contributed by atoms with Gasteiger partial charge < -0.3 is 14.4 Å². The third kappa shape index (κ3) is 5.20. The van der Waals surface area contributed by atoms with Crippen LogP contribution in [0, 0.1) is 5.82 Å². The van der Waals surface area contributed by atoms with E-state index in [2.05, 4.69) is 4.72 Å². The van der Waals surface area contributed by atoms with E-state index in [9.17, 15) is 17.6 Å². The summed E-state index contributed by atoms with van der Waals surface area (Å²) in [6, 6.07) is 14.2. The van der Waals surface area contributed by atoms with Crippen molar-refractivity contribution in [3.63, 3.8) is 0 Å². The quantitative estimate of drug-likeness (QED) is 0.556. The van der Waals surface area contributed by atoms with Crippen molar-refractivity contribution < 1.29 is 27.1 Å². The fourth-order valence-electron chi connectivity index (χ4n) is 3.31. The molecule has 1 heterocycles. The maximum Gasteiger partial charge on any atom is 0.261 e. The van der Waals surface area contributed by atoms with Crippen molar-refractivity contribution in [2.24, 2.45) is 0 Å². The van der Waals surface area contributed by atoms with Crippen molar-refractivity contribution in [1.29, 1.82) is 0 Å². The summed E-state index contributed by atoms with van der Waals surface area (Å²) < 4.78 is 51.8. The van der Waals surface area contributed by atoms with Crippen LogP contribution in [0.4, 0.5) is 10.1 Å². The molecule has 0 saturated heterocycles. The molecule has 1 N–H and O–H groups in total. The lowest BCUT2D eigenvalue weighted by Gasteiger charge is -2.21. The molecule has 7 nitrogen and oxygen atoms in total. The van der Waals surface area contributed by atoms with E-state index < -0.39 is 15.8 Å². The Balaban J connectivity index is 1.51. The average molecular weight is 491 g/mol. The van der Waals surface area contributed by atoms with Gasteiger partial charge in [-0.1, -0.05) is 17.7 Å². The molecule has 4 rings (SSSR count). The molecule has 172 valence electrons. The van der Waals surface area contributed by atoms with Gasteiger partial charge in [0.25, 0.3) is 15.9 Å². The van der Waals surface area contributed by atoms with E-state index in [0.717, 1.165) is 29.8 Å². The summed E-state index contributed by atoms with van der Waals surface area (Å²) >= 11 is 6.16. The zero-order valence-corrected chi connectivity index (χ0v) is 19.1. The molecular weight excluding hydrogens is 471 g/mol. The van der Waals surface area contributed by atoms with Crippen LogP contribution < -0.4 is 14.2 Å². The van der Waals surface area contributed by atoms with Gasteiger partial charge in [-0.15, -0.1) is 0 Å². The van der Waals surface area contributed by atoms with Crippen LogP contribution in [0.5, 0.6) is 11.5 Å². The third-order valence-electron chi connectivity index (χ3n) is 4.95. The molecule has 3 aromatic rings. The minimum absolute atomic E-state index is 0.0413. The van der Waals surface area contributed by atoms with Gasteiger partial charge in [0, 0.05) is 19.2 Å². The summed E-state index contributed by atoms with van der Waals surface area (Å²) in [6.07, 6.45) is 0. The molecule has 0 atom stereocenters. The Morgan fingerprint density at radius 2 is 1.73 bits per heavy atom. The van der Waals surface area contributed by atoms with Crippen LogP contribution in [0.3, 0.4) is 0 Å². The van der Waals surface area contributed by atoms with Crippen molar-refractivity contribution in [2.45, 2.75) is 11.4 Å². The molecule has 0 spiro atoms. The van der Waals surface area contributed by atoms with Gasteiger partial charge in [-0.25, -0.2) is 12.8 Å². The Morgan fingerprint density at radius 1 is 1.03 bits per heavy atom. The second kappa shape index (κ2) is 9.29. The first kappa shape index (κ1) is 22.9. The van der Waals surface area contributed by atoms with Crippen molar-refractivity contribution >= 4 is 33.2 Å². The molecule has 33 heavy (non-hydrogen) atoms. The number of carbonyl (C=O) groups is 1. The number of sulfonamides is 1. The highest BCUT2D eigenvalue weighted by atomic mass is 35.5. The molecule has 0 aliphatic carbocycles. The van der Waals surface area contributed by atoms with Gasteiger partial charge in [0.1, 0.15) is 19.0 Å². The predicted octanol–water partition coefficient (Wildman–Crippen LogP) is 4.32. The smallest absolute Gasteiger partial charge is 0.261 e. The Kier molecular flexibility index (Phi) is 6.44. The Bertz CT molecular complexity index is 1300. The number of benzene rings is 3. The molecule has 0 fully saturated rings. The van der Waals surface area contributed by atoms with Crippen molar-refractivity contribution in [1.82, 2.24) is 4.90 Å². The number of amides is 1. The molecule has 1 aliphatic heterocycles. The number of halogens is 2. The zero-order valence-electron chi connectivity index (χ0n) is 17.5. The zero-order chi connectivity index (χ0) is 23.6. The summed E-state index contributed by atoms with van der Waals surface area (Å²) in [4.78, 5) is 14.3. The largest absolute Gasteiger partial charge is 0.486 e. The SMILES string of the molecule is CN(Cc1ccc2c(c1)OCCO2)C(=O)c1ccc(Cl)c(NS(=O)(=O)c2ccc(F)cc2)c1. The van der Waals surface area contributed by atoms with Crippen LogP contribution in [-0.2, 0) is 16.6 Å². The number of ether oxygens (including phenoxy) is 2. The summed E-state index contributed by atoms with van der Waals surface area (Å²) in [5, 5.41) is 0.117. The average Bonchev–Trinajstić information content (AvgIpc) is 2.80. The molecule has 0 aromatic heterocycles. The van der Waals surface area contributed by atoms with E-state index in [1.807, 2.05) is 12.1 Å². The van der Waals surface area contributed by atoms with Crippen LogP contribution in [0.25, 0.3) is 0 Å². The number of hydrogen-bond acceptors (Lipinski definition) is 5. The summed E-state index contributed by atoms with van der Waals surface area (Å²) in [6.45, 7) is 1.26. The molecule has 0 unspecified atom stereocenters. The number of rotatable bonds is 6. The van der Waals surface area contributed by atoms with Gasteiger partial charge in [0.15, 0.2) is 11.5 Å². The van der Waals surface area contributed by atoms with Gasteiger partial charge in [0.05, 0.1) is 15.6 Å². The fourth-order valence-corrected chi connectivity index (χ4v) is 4.60. The standard InChI is InChI=1S/C23H20ClFN2O5S/c1-27(14-15-2-9-21-22(12-15)32-11-10-31-21)23(28)16-3-8-19(24)20(13-16)26-33(29,30)18-6-4-17(25)5-7-18/h2-9,12-13,26H,10-11,14H2,1H3. The second-order valence-corrected chi connectivity index (χ2v) is 9.48. The highest BCUT2D eigenvalue weighted by Gasteiger charge is 2.20. The Morgan fingerprint density at radius 3 is 2.45 bits per heavy atom. The number of fused-ring (bicyclic) bond motifs is 1. The lowest BCUT2D eigenvalue weighted by molar-refractivity contribution is 0.0785. The topological polar surface area (TPSA) is 84.9 Å². The minimum atomic E-state index is -4.02. The maximum atomic E-state index is 13.1. The first-order valence-electron chi connectivity index (χ1n) is 9.95. The number of nitrogens with zero attached hydrogens (tertiary/aromatic N) is 1. The molecule has 10 heteroatoms. The number of carbonyl (C=O) groups excluding carboxylic acids is 1. The molecule has 1 aliphatic rings. The Labute approximate surface area is 195 Å². The first-order chi connectivity index (χ1) is 15.7. The molecule has 0 saturated carbocycles. The van der Waals surface area contributed by atoms with E-state index in [4.69, 9.17) is 21.1 Å². The minimum Gasteiger partial charge on any atom is -0.486 e. The lowest BCUT2D eigenvalue weighted by atomic mass is 10.1. The van der Waals surface area contributed by atoms with E-state index in [1.54, 1.807) is 13.1 Å². The van der Waals surface area contributed by atoms with Gasteiger partial charge in [0.2, 0.25) is 0 Å². The van der Waals surface area contributed by atoms with Crippen LogP contribution >= 0.6 is 11.6 Å². The molecular formula is C23H20ClFN2O5S. The van der Waals surface area contributed by atoms with Gasteiger partial charge in [-0.3, -0.25) is 9.52 Å². The van der Waals surface area contributed by atoms with Crippen molar-refractivity contribution in [2.75, 3.05) is 25.0 Å². The third-order valence-corrected chi connectivity index (χ3v) is 6.67. The summed E-state index contributed by atoms with van der Waals surface area (Å²) in [7, 11) is -2.39.